The largest absolute Gasteiger partial charge is 0.487 e. The van der Waals surface area contributed by atoms with Gasteiger partial charge in [-0.25, -0.2) is 9.18 Å². The van der Waals surface area contributed by atoms with Crippen molar-refractivity contribution in [2.24, 2.45) is 11.7 Å². The van der Waals surface area contributed by atoms with Crippen LogP contribution in [0.1, 0.15) is 58.9 Å². The third-order valence-electron chi connectivity index (χ3n) is 5.22. The van der Waals surface area contributed by atoms with Crippen molar-refractivity contribution in [1.29, 1.82) is 0 Å². The Bertz CT molecular complexity index is 1060. The van der Waals surface area contributed by atoms with Gasteiger partial charge < -0.3 is 20.9 Å². The lowest BCUT2D eigenvalue weighted by molar-refractivity contribution is 0.202. The van der Waals surface area contributed by atoms with E-state index in [4.69, 9.17) is 27.2 Å². The van der Waals surface area contributed by atoms with E-state index in [1.807, 2.05) is 18.2 Å². The Morgan fingerprint density at radius 2 is 1.78 bits per heavy atom. The van der Waals surface area contributed by atoms with Crippen LogP contribution in [0.3, 0.4) is 0 Å². The number of benzene rings is 3. The van der Waals surface area contributed by atoms with Crippen LogP contribution < -0.4 is 15.8 Å². The number of aliphatic hydroxyl groups excluding tert-OH is 1. The molecule has 36 heavy (non-hydrogen) atoms. The Balaban J connectivity index is 0.000000283. The van der Waals surface area contributed by atoms with Gasteiger partial charge in [0, 0.05) is 0 Å². The molecule has 0 atom stereocenters. The van der Waals surface area contributed by atoms with Crippen molar-refractivity contribution >= 4 is 34.1 Å². The van der Waals surface area contributed by atoms with Crippen molar-refractivity contribution in [3.05, 3.63) is 71.0 Å². The van der Waals surface area contributed by atoms with Crippen LogP contribution in [0.25, 0.3) is 10.8 Å². The lowest BCUT2D eigenvalue weighted by Gasteiger charge is -2.11. The minimum Gasteiger partial charge on any atom is -0.487 e. The van der Waals surface area contributed by atoms with Crippen LogP contribution in [0.15, 0.2) is 54.6 Å². The number of nitrogens with two attached hydrogens (primary N) is 1. The van der Waals surface area contributed by atoms with Crippen LogP contribution in [0.2, 0.25) is 5.02 Å². The summed E-state index contributed by atoms with van der Waals surface area (Å²) < 4.78 is 18.0. The quantitative estimate of drug-likeness (QED) is 0.251. The zero-order chi connectivity index (χ0) is 26.9. The number of anilines is 1. The van der Waals surface area contributed by atoms with Gasteiger partial charge in [0.25, 0.3) is 0 Å². The van der Waals surface area contributed by atoms with Gasteiger partial charge >= 0.3 is 6.03 Å². The lowest BCUT2D eigenvalue weighted by Crippen LogP contribution is -2.20. The summed E-state index contributed by atoms with van der Waals surface area (Å²) in [6.07, 6.45) is 6.63. The first-order chi connectivity index (χ1) is 17.2. The van der Waals surface area contributed by atoms with Crippen LogP contribution >= 0.6 is 11.6 Å². The molecule has 7 heteroatoms. The number of primary amides is 1. The normalized spacial score (nSPS) is 10.2. The van der Waals surface area contributed by atoms with Gasteiger partial charge in [-0.3, -0.25) is 0 Å². The fourth-order valence-corrected chi connectivity index (χ4v) is 3.55. The molecule has 198 valence electrons. The standard InChI is InChI=1S/C12H11F.C9H11ClN2O3.C8H18/c1-2-9-3-4-11-8-12(13)6-5-10(11)7-9;10-6-2-1-3-7(12-9(11)14)8(6)15-5-4-13;1-4-5-6-7-8(2)3/h3-8H,2H2,1H3;1-3,13H,4-5H2,(H3,11,12,14);8H,4-7H2,1-3H3. The van der Waals surface area contributed by atoms with E-state index < -0.39 is 6.03 Å². The van der Waals surface area contributed by atoms with E-state index in [-0.39, 0.29) is 19.0 Å². The Hall–Kier alpha value is -2.83. The van der Waals surface area contributed by atoms with Crippen LogP contribution in [-0.2, 0) is 6.42 Å². The Kier molecular flexibility index (Phi) is 15.2. The number of fused-ring (bicyclic) bond motifs is 1. The zero-order valence-corrected chi connectivity index (χ0v) is 22.6. The van der Waals surface area contributed by atoms with Gasteiger partial charge in [-0.15, -0.1) is 0 Å². The molecule has 0 aliphatic carbocycles. The predicted molar refractivity (Wildman–Crippen MR) is 150 cm³/mol. The fourth-order valence-electron chi connectivity index (χ4n) is 3.32. The first-order valence-corrected chi connectivity index (χ1v) is 12.9. The highest BCUT2D eigenvalue weighted by atomic mass is 35.5. The number of rotatable bonds is 9. The Labute approximate surface area is 219 Å². The molecule has 5 nitrogen and oxygen atoms in total. The van der Waals surface area contributed by atoms with Crippen molar-refractivity contribution in [1.82, 2.24) is 0 Å². The number of nitrogens with one attached hydrogen (secondary N) is 1. The summed E-state index contributed by atoms with van der Waals surface area (Å²) in [4.78, 5) is 10.7. The number of unbranched alkanes of at least 4 members (excludes halogenated alkanes) is 2. The summed E-state index contributed by atoms with van der Waals surface area (Å²) in [7, 11) is 0. The van der Waals surface area contributed by atoms with Gasteiger partial charge in [0.15, 0.2) is 5.75 Å². The summed E-state index contributed by atoms with van der Waals surface area (Å²) in [6, 6.07) is 15.2. The highest BCUT2D eigenvalue weighted by Crippen LogP contribution is 2.32. The zero-order valence-electron chi connectivity index (χ0n) is 21.8. The third kappa shape index (κ3) is 12.2. The SMILES string of the molecule is CCCCCC(C)C.CCc1ccc2cc(F)ccc2c1.NC(=O)Nc1cccc(Cl)c1OCCO. The van der Waals surface area contributed by atoms with E-state index in [1.165, 1.54) is 37.3 Å². The van der Waals surface area contributed by atoms with Crippen molar-refractivity contribution in [3.8, 4) is 5.75 Å². The van der Waals surface area contributed by atoms with Gasteiger partial charge in [0.2, 0.25) is 0 Å². The molecule has 4 N–H and O–H groups in total. The van der Waals surface area contributed by atoms with Crippen molar-refractivity contribution in [3.63, 3.8) is 0 Å². The molecule has 3 aromatic rings. The van der Waals surface area contributed by atoms with E-state index in [2.05, 4.69) is 39.1 Å². The van der Waals surface area contributed by atoms with E-state index in [9.17, 15) is 9.18 Å². The molecular weight excluding hydrogens is 479 g/mol. The second-order valence-electron chi connectivity index (χ2n) is 8.75. The summed E-state index contributed by atoms with van der Waals surface area (Å²) in [5.41, 5.74) is 6.64. The molecule has 3 rings (SSSR count). The van der Waals surface area contributed by atoms with Crippen molar-refractivity contribution in [2.45, 2.75) is 59.8 Å². The second-order valence-corrected chi connectivity index (χ2v) is 9.15. The number of para-hydroxylation sites is 1. The first-order valence-electron chi connectivity index (χ1n) is 12.5. The van der Waals surface area contributed by atoms with Crippen molar-refractivity contribution < 1.29 is 19.0 Å². The molecule has 0 radical (unpaired) electrons. The smallest absolute Gasteiger partial charge is 0.316 e. The van der Waals surface area contributed by atoms with Crippen LogP contribution in [0.4, 0.5) is 14.9 Å². The first kappa shape index (κ1) is 31.2. The number of urea groups is 1. The van der Waals surface area contributed by atoms with Gasteiger partial charge in [-0.05, 0) is 52.9 Å². The average Bonchev–Trinajstić information content (AvgIpc) is 2.84. The molecule has 0 saturated carbocycles. The third-order valence-corrected chi connectivity index (χ3v) is 5.52. The van der Waals surface area contributed by atoms with E-state index in [1.54, 1.807) is 24.3 Å². The molecular formula is C29H40ClFN2O3. The summed E-state index contributed by atoms with van der Waals surface area (Å²) >= 11 is 5.85. The van der Waals surface area contributed by atoms with E-state index in [0.717, 1.165) is 23.1 Å². The molecule has 0 aliphatic rings. The maximum Gasteiger partial charge on any atom is 0.316 e. The number of hydrogen-bond donors (Lipinski definition) is 3. The van der Waals surface area contributed by atoms with E-state index >= 15 is 0 Å². The summed E-state index contributed by atoms with van der Waals surface area (Å²) in [6.45, 7) is 8.90. The molecule has 0 heterocycles. The number of carbonyl (C=O) groups is 1. The molecule has 0 aliphatic heterocycles. The highest BCUT2D eigenvalue weighted by molar-refractivity contribution is 6.32. The maximum absolute atomic E-state index is 12.8. The number of aryl methyl sites for hydroxylation is 1. The molecule has 0 spiro atoms. The van der Waals surface area contributed by atoms with Crippen LogP contribution in [0, 0.1) is 11.7 Å². The summed E-state index contributed by atoms with van der Waals surface area (Å²) in [5.74, 6) is 1.03. The maximum atomic E-state index is 12.8. The predicted octanol–water partition coefficient (Wildman–Crippen LogP) is 7.97. The van der Waals surface area contributed by atoms with Crippen molar-refractivity contribution in [2.75, 3.05) is 18.5 Å². The monoisotopic (exact) mass is 518 g/mol. The van der Waals surface area contributed by atoms with Crippen LogP contribution in [0.5, 0.6) is 5.75 Å². The molecule has 2 amide bonds. The topological polar surface area (TPSA) is 84.6 Å². The number of aliphatic hydroxyl groups is 1. The average molecular weight is 519 g/mol. The van der Waals surface area contributed by atoms with E-state index in [0.29, 0.717) is 16.5 Å². The van der Waals surface area contributed by atoms with Gasteiger partial charge in [-0.2, -0.15) is 0 Å². The number of hydrogen-bond acceptors (Lipinski definition) is 3. The number of ether oxygens (including phenoxy) is 1. The highest BCUT2D eigenvalue weighted by Gasteiger charge is 2.09. The summed E-state index contributed by atoms with van der Waals surface area (Å²) in [5, 5.41) is 13.4. The molecule has 3 aromatic carbocycles. The minimum absolute atomic E-state index is 0.0944. The number of halogens is 2. The number of amides is 2. The van der Waals surface area contributed by atoms with Gasteiger partial charge in [0.1, 0.15) is 12.4 Å². The lowest BCUT2D eigenvalue weighted by atomic mass is 10.1. The molecule has 0 aromatic heterocycles. The van der Waals surface area contributed by atoms with Gasteiger partial charge in [-0.1, -0.05) is 95.3 Å². The minimum atomic E-state index is -0.703. The second kappa shape index (κ2) is 17.6. The Morgan fingerprint density at radius 3 is 2.39 bits per heavy atom. The Morgan fingerprint density at radius 1 is 1.08 bits per heavy atom. The molecule has 0 saturated heterocycles. The molecule has 0 fully saturated rings. The molecule has 0 bridgehead atoms. The number of carbonyl (C=O) groups excluding carboxylic acids is 1. The van der Waals surface area contributed by atoms with Crippen LogP contribution in [-0.4, -0.2) is 24.4 Å². The van der Waals surface area contributed by atoms with Gasteiger partial charge in [0.05, 0.1) is 17.3 Å². The molecule has 0 unspecified atom stereocenters. The fraction of sp³-hybridized carbons (Fsp3) is 0.414.